The number of rotatable bonds is 6. The van der Waals surface area contributed by atoms with E-state index in [1.54, 1.807) is 7.11 Å². The second-order valence-corrected chi connectivity index (χ2v) is 4.16. The first-order chi connectivity index (χ1) is 7.72. The van der Waals surface area contributed by atoms with Gasteiger partial charge in [-0.2, -0.15) is 0 Å². The maximum Gasteiger partial charge on any atom is 0.142 e. The molecule has 16 heavy (non-hydrogen) atoms. The summed E-state index contributed by atoms with van der Waals surface area (Å²) < 4.78 is 5.46. The highest BCUT2D eigenvalue weighted by atomic mass is 16.5. The highest BCUT2D eigenvalue weighted by Crippen LogP contribution is 2.29. The summed E-state index contributed by atoms with van der Waals surface area (Å²) in [5, 5.41) is 0. The third-order valence-electron chi connectivity index (χ3n) is 2.66. The average molecular weight is 221 g/mol. The van der Waals surface area contributed by atoms with Crippen LogP contribution in [0.25, 0.3) is 0 Å². The molecule has 0 aliphatic rings. The summed E-state index contributed by atoms with van der Waals surface area (Å²) in [5.74, 6) is 0.988. The van der Waals surface area contributed by atoms with Crippen LogP contribution in [0.4, 0.5) is 5.69 Å². The van der Waals surface area contributed by atoms with Gasteiger partial charge in [0.25, 0.3) is 0 Å². The Morgan fingerprint density at radius 1 is 1.12 bits per heavy atom. The van der Waals surface area contributed by atoms with Gasteiger partial charge in [-0.1, -0.05) is 19.9 Å². The fourth-order valence-electron chi connectivity index (χ4n) is 1.94. The van der Waals surface area contributed by atoms with Gasteiger partial charge in [-0.3, -0.25) is 0 Å². The molecule has 0 saturated carbocycles. The zero-order valence-corrected chi connectivity index (χ0v) is 10.9. The van der Waals surface area contributed by atoms with E-state index in [-0.39, 0.29) is 0 Å². The fraction of sp³-hybridized carbons (Fsp3) is 0.571. The summed E-state index contributed by atoms with van der Waals surface area (Å²) in [6, 6.07) is 6.42. The number of hydrogen-bond acceptors (Lipinski definition) is 2. The Hall–Kier alpha value is -1.18. The van der Waals surface area contributed by atoms with Crippen molar-refractivity contribution >= 4 is 5.69 Å². The summed E-state index contributed by atoms with van der Waals surface area (Å²) >= 11 is 0. The first-order valence-electron chi connectivity index (χ1n) is 6.12. The van der Waals surface area contributed by atoms with Crippen molar-refractivity contribution in [3.63, 3.8) is 0 Å². The normalized spacial score (nSPS) is 10.2. The highest BCUT2D eigenvalue weighted by molar-refractivity contribution is 5.59. The van der Waals surface area contributed by atoms with Crippen molar-refractivity contribution in [2.45, 2.75) is 33.6 Å². The van der Waals surface area contributed by atoms with Crippen molar-refractivity contribution < 1.29 is 4.74 Å². The minimum Gasteiger partial charge on any atom is -0.495 e. The molecule has 0 aliphatic heterocycles. The lowest BCUT2D eigenvalue weighted by Gasteiger charge is -2.25. The van der Waals surface area contributed by atoms with Crippen molar-refractivity contribution in [1.29, 1.82) is 0 Å². The summed E-state index contributed by atoms with van der Waals surface area (Å²) in [7, 11) is 1.74. The molecular weight excluding hydrogens is 198 g/mol. The highest BCUT2D eigenvalue weighted by Gasteiger charge is 2.10. The van der Waals surface area contributed by atoms with Gasteiger partial charge in [0.2, 0.25) is 0 Å². The zero-order valence-electron chi connectivity index (χ0n) is 10.9. The van der Waals surface area contributed by atoms with Crippen LogP contribution in [0.3, 0.4) is 0 Å². The summed E-state index contributed by atoms with van der Waals surface area (Å²) in [5.41, 5.74) is 2.46. The van der Waals surface area contributed by atoms with Gasteiger partial charge in [-0.05, 0) is 37.5 Å². The number of hydrogen-bond donors (Lipinski definition) is 0. The van der Waals surface area contributed by atoms with E-state index in [0.717, 1.165) is 31.7 Å². The van der Waals surface area contributed by atoms with E-state index in [4.69, 9.17) is 4.74 Å². The Morgan fingerprint density at radius 3 is 2.25 bits per heavy atom. The molecule has 0 saturated heterocycles. The molecule has 0 heterocycles. The first-order valence-corrected chi connectivity index (χ1v) is 6.12. The largest absolute Gasteiger partial charge is 0.495 e. The van der Waals surface area contributed by atoms with Gasteiger partial charge in [0.1, 0.15) is 5.75 Å². The number of aryl methyl sites for hydroxylation is 1. The minimum atomic E-state index is 0.988. The molecule has 1 rings (SSSR count). The molecular formula is C14H23NO. The zero-order chi connectivity index (χ0) is 12.0. The van der Waals surface area contributed by atoms with Crippen molar-refractivity contribution in [2.75, 3.05) is 25.1 Å². The summed E-state index contributed by atoms with van der Waals surface area (Å²) in [6.45, 7) is 8.70. The second-order valence-electron chi connectivity index (χ2n) is 4.16. The van der Waals surface area contributed by atoms with Crippen LogP contribution in [0.2, 0.25) is 0 Å². The van der Waals surface area contributed by atoms with E-state index in [1.807, 2.05) is 0 Å². The molecule has 1 aromatic rings. The molecule has 0 spiro atoms. The van der Waals surface area contributed by atoms with Gasteiger partial charge in [0.05, 0.1) is 12.8 Å². The number of anilines is 1. The lowest BCUT2D eigenvalue weighted by atomic mass is 10.2. The van der Waals surface area contributed by atoms with Crippen LogP contribution in [-0.4, -0.2) is 20.2 Å². The number of benzene rings is 1. The predicted octanol–water partition coefficient (Wildman–Crippen LogP) is 3.63. The molecule has 2 nitrogen and oxygen atoms in total. The third kappa shape index (κ3) is 3.16. The molecule has 0 radical (unpaired) electrons. The molecule has 0 bridgehead atoms. The van der Waals surface area contributed by atoms with Crippen molar-refractivity contribution in [2.24, 2.45) is 0 Å². The Labute approximate surface area is 99.2 Å². The van der Waals surface area contributed by atoms with Crippen LogP contribution >= 0.6 is 0 Å². The molecule has 0 unspecified atom stereocenters. The maximum atomic E-state index is 5.46. The van der Waals surface area contributed by atoms with Gasteiger partial charge in [-0.15, -0.1) is 0 Å². The van der Waals surface area contributed by atoms with Crippen molar-refractivity contribution in [3.05, 3.63) is 23.8 Å². The van der Waals surface area contributed by atoms with Crippen LogP contribution in [0.5, 0.6) is 5.75 Å². The molecule has 0 aliphatic carbocycles. The first kappa shape index (κ1) is 12.9. The van der Waals surface area contributed by atoms with E-state index in [9.17, 15) is 0 Å². The number of methoxy groups -OCH3 is 1. The van der Waals surface area contributed by atoms with Crippen molar-refractivity contribution in [3.8, 4) is 5.75 Å². The maximum absolute atomic E-state index is 5.46. The number of nitrogens with zero attached hydrogens (tertiary/aromatic N) is 1. The van der Waals surface area contributed by atoms with E-state index in [0.29, 0.717) is 0 Å². The standard InChI is InChI=1S/C14H23NO/c1-5-9-15(10-6-2)13-8-7-12(3)11-14(13)16-4/h7-8,11H,5-6,9-10H2,1-4H3. The Bertz CT molecular complexity index is 317. The van der Waals surface area contributed by atoms with E-state index < -0.39 is 0 Å². The van der Waals surface area contributed by atoms with Gasteiger partial charge in [0.15, 0.2) is 0 Å². The topological polar surface area (TPSA) is 12.5 Å². The van der Waals surface area contributed by atoms with Crippen LogP contribution in [0.1, 0.15) is 32.3 Å². The van der Waals surface area contributed by atoms with E-state index in [1.165, 1.54) is 11.3 Å². The molecule has 90 valence electrons. The molecule has 0 aromatic heterocycles. The fourth-order valence-corrected chi connectivity index (χ4v) is 1.94. The average Bonchev–Trinajstić information content (AvgIpc) is 2.28. The minimum absolute atomic E-state index is 0.988. The van der Waals surface area contributed by atoms with Crippen LogP contribution in [0, 0.1) is 6.92 Å². The molecule has 0 fully saturated rings. The SMILES string of the molecule is CCCN(CCC)c1ccc(C)cc1OC. The lowest BCUT2D eigenvalue weighted by Crippen LogP contribution is -2.25. The van der Waals surface area contributed by atoms with Crippen molar-refractivity contribution in [1.82, 2.24) is 0 Å². The Kier molecular flexibility index (Phi) is 5.17. The third-order valence-corrected chi connectivity index (χ3v) is 2.66. The van der Waals surface area contributed by atoms with Gasteiger partial charge < -0.3 is 9.64 Å². The summed E-state index contributed by atoms with van der Waals surface area (Å²) in [6.07, 6.45) is 2.33. The summed E-state index contributed by atoms with van der Waals surface area (Å²) in [4.78, 5) is 2.40. The predicted molar refractivity (Wildman–Crippen MR) is 70.5 cm³/mol. The van der Waals surface area contributed by atoms with Gasteiger partial charge >= 0.3 is 0 Å². The monoisotopic (exact) mass is 221 g/mol. The second kappa shape index (κ2) is 6.41. The van der Waals surface area contributed by atoms with Crippen LogP contribution in [-0.2, 0) is 0 Å². The smallest absolute Gasteiger partial charge is 0.142 e. The Balaban J connectivity index is 2.97. The lowest BCUT2D eigenvalue weighted by molar-refractivity contribution is 0.414. The van der Waals surface area contributed by atoms with E-state index >= 15 is 0 Å². The molecule has 1 aromatic carbocycles. The van der Waals surface area contributed by atoms with E-state index in [2.05, 4.69) is 43.9 Å². The molecule has 0 N–H and O–H groups in total. The van der Waals surface area contributed by atoms with Gasteiger partial charge in [0, 0.05) is 13.1 Å². The Morgan fingerprint density at radius 2 is 1.75 bits per heavy atom. The van der Waals surface area contributed by atoms with Crippen LogP contribution < -0.4 is 9.64 Å². The number of ether oxygens (including phenoxy) is 1. The van der Waals surface area contributed by atoms with Gasteiger partial charge in [-0.25, -0.2) is 0 Å². The quantitative estimate of drug-likeness (QED) is 0.727. The molecule has 2 heteroatoms. The molecule has 0 amide bonds. The van der Waals surface area contributed by atoms with Crippen LogP contribution in [0.15, 0.2) is 18.2 Å². The molecule has 0 atom stereocenters.